The lowest BCUT2D eigenvalue weighted by Crippen LogP contribution is -2.00. The number of rotatable bonds is 6. The standard InChI is InChI=1S/C18H16Cl2N4O/c1-2-25-16-5-3-14(4-6-16)23-18-21-8-7-17(24-18)22-15-10-12(19)9-13(20)11-15/h3-11H,2H2,1H3,(H2,21,22,23,24). The van der Waals surface area contributed by atoms with Crippen LogP contribution >= 0.6 is 23.2 Å². The molecule has 2 aromatic carbocycles. The molecule has 128 valence electrons. The third-order valence-corrected chi connectivity index (χ3v) is 3.65. The van der Waals surface area contributed by atoms with E-state index in [1.807, 2.05) is 31.2 Å². The normalized spacial score (nSPS) is 10.4. The number of nitrogens with one attached hydrogen (secondary N) is 2. The number of anilines is 4. The van der Waals surface area contributed by atoms with Gasteiger partial charge in [0.2, 0.25) is 5.95 Å². The minimum absolute atomic E-state index is 0.474. The fraction of sp³-hybridized carbons (Fsp3) is 0.111. The van der Waals surface area contributed by atoms with Crippen LogP contribution in [0.15, 0.2) is 54.7 Å². The second kappa shape index (κ2) is 8.05. The average Bonchev–Trinajstić information content (AvgIpc) is 2.56. The summed E-state index contributed by atoms with van der Waals surface area (Å²) in [6.07, 6.45) is 1.67. The monoisotopic (exact) mass is 374 g/mol. The molecule has 2 N–H and O–H groups in total. The first kappa shape index (κ1) is 17.3. The highest BCUT2D eigenvalue weighted by Crippen LogP contribution is 2.25. The van der Waals surface area contributed by atoms with Gasteiger partial charge in [0.05, 0.1) is 6.61 Å². The molecule has 0 aliphatic carbocycles. The largest absolute Gasteiger partial charge is 0.494 e. The van der Waals surface area contributed by atoms with Crippen LogP contribution in [0.1, 0.15) is 6.92 Å². The predicted molar refractivity (Wildman–Crippen MR) is 103 cm³/mol. The Morgan fingerprint density at radius 3 is 2.32 bits per heavy atom. The highest BCUT2D eigenvalue weighted by molar-refractivity contribution is 6.35. The molecule has 1 heterocycles. The second-order valence-electron chi connectivity index (χ2n) is 5.13. The van der Waals surface area contributed by atoms with Crippen molar-refractivity contribution in [2.45, 2.75) is 6.92 Å². The van der Waals surface area contributed by atoms with E-state index in [9.17, 15) is 0 Å². The lowest BCUT2D eigenvalue weighted by Gasteiger charge is -2.10. The van der Waals surface area contributed by atoms with Crippen LogP contribution in [0.5, 0.6) is 5.75 Å². The zero-order chi connectivity index (χ0) is 17.6. The van der Waals surface area contributed by atoms with E-state index in [2.05, 4.69) is 20.6 Å². The van der Waals surface area contributed by atoms with E-state index < -0.39 is 0 Å². The molecule has 3 aromatic rings. The third-order valence-electron chi connectivity index (χ3n) is 3.21. The number of aromatic nitrogens is 2. The van der Waals surface area contributed by atoms with Crippen molar-refractivity contribution in [1.29, 1.82) is 0 Å². The third kappa shape index (κ3) is 4.98. The van der Waals surface area contributed by atoms with Gasteiger partial charge in [-0.1, -0.05) is 23.2 Å². The average molecular weight is 375 g/mol. The Balaban J connectivity index is 1.72. The molecule has 0 aliphatic rings. The van der Waals surface area contributed by atoms with E-state index in [1.165, 1.54) is 0 Å². The van der Waals surface area contributed by atoms with Crippen LogP contribution in [0.2, 0.25) is 10.0 Å². The first-order chi connectivity index (χ1) is 12.1. The molecule has 7 heteroatoms. The Hall–Kier alpha value is -2.50. The van der Waals surface area contributed by atoms with E-state index >= 15 is 0 Å². The molecule has 5 nitrogen and oxygen atoms in total. The van der Waals surface area contributed by atoms with Crippen molar-refractivity contribution in [3.05, 3.63) is 64.8 Å². The van der Waals surface area contributed by atoms with Crippen LogP contribution in [-0.2, 0) is 0 Å². The van der Waals surface area contributed by atoms with Gasteiger partial charge < -0.3 is 15.4 Å². The molecule has 0 atom stereocenters. The molecule has 0 unspecified atom stereocenters. The van der Waals surface area contributed by atoms with E-state index in [-0.39, 0.29) is 0 Å². The highest BCUT2D eigenvalue weighted by atomic mass is 35.5. The maximum absolute atomic E-state index is 6.01. The maximum Gasteiger partial charge on any atom is 0.229 e. The van der Waals surface area contributed by atoms with Gasteiger partial charge in [-0.05, 0) is 55.5 Å². The Labute approximate surface area is 156 Å². The van der Waals surface area contributed by atoms with Crippen LogP contribution in [0, 0.1) is 0 Å². The summed E-state index contributed by atoms with van der Waals surface area (Å²) >= 11 is 12.0. The lowest BCUT2D eigenvalue weighted by molar-refractivity contribution is 0.340. The van der Waals surface area contributed by atoms with Crippen molar-refractivity contribution in [3.63, 3.8) is 0 Å². The first-order valence-corrected chi connectivity index (χ1v) is 8.44. The fourth-order valence-corrected chi connectivity index (χ4v) is 2.72. The molecule has 1 aromatic heterocycles. The summed E-state index contributed by atoms with van der Waals surface area (Å²) in [6, 6.07) is 14.6. The van der Waals surface area contributed by atoms with Gasteiger partial charge in [-0.3, -0.25) is 0 Å². The predicted octanol–water partition coefficient (Wildman–Crippen LogP) is 5.67. The van der Waals surface area contributed by atoms with Crippen LogP contribution < -0.4 is 15.4 Å². The van der Waals surface area contributed by atoms with E-state index in [4.69, 9.17) is 27.9 Å². The van der Waals surface area contributed by atoms with Gasteiger partial charge in [0.1, 0.15) is 11.6 Å². The molecule has 0 aliphatic heterocycles. The molecule has 0 radical (unpaired) electrons. The van der Waals surface area contributed by atoms with Crippen LogP contribution in [0.3, 0.4) is 0 Å². The first-order valence-electron chi connectivity index (χ1n) is 7.68. The van der Waals surface area contributed by atoms with Gasteiger partial charge >= 0.3 is 0 Å². The summed E-state index contributed by atoms with van der Waals surface area (Å²) in [6.45, 7) is 2.59. The van der Waals surface area contributed by atoms with Crippen molar-refractivity contribution in [1.82, 2.24) is 9.97 Å². The van der Waals surface area contributed by atoms with Crippen molar-refractivity contribution in [2.75, 3.05) is 17.2 Å². The zero-order valence-electron chi connectivity index (χ0n) is 13.5. The van der Waals surface area contributed by atoms with Gasteiger partial charge in [-0.25, -0.2) is 4.98 Å². The zero-order valence-corrected chi connectivity index (χ0v) is 15.0. The molecule has 0 fully saturated rings. The Morgan fingerprint density at radius 2 is 1.64 bits per heavy atom. The topological polar surface area (TPSA) is 59.1 Å². The van der Waals surface area contributed by atoms with Crippen molar-refractivity contribution in [2.24, 2.45) is 0 Å². The molecule has 0 bridgehead atoms. The minimum atomic E-state index is 0.474. The van der Waals surface area contributed by atoms with Crippen molar-refractivity contribution in [3.8, 4) is 5.75 Å². The van der Waals surface area contributed by atoms with Gasteiger partial charge in [0, 0.05) is 27.6 Å². The van der Waals surface area contributed by atoms with Gasteiger partial charge in [-0.2, -0.15) is 4.98 Å². The maximum atomic E-state index is 6.01. The number of hydrogen-bond acceptors (Lipinski definition) is 5. The molecule has 0 spiro atoms. The fourth-order valence-electron chi connectivity index (χ4n) is 2.19. The van der Waals surface area contributed by atoms with E-state index in [1.54, 1.807) is 30.5 Å². The molecular formula is C18H16Cl2N4O. The number of ether oxygens (including phenoxy) is 1. The molecular weight excluding hydrogens is 359 g/mol. The number of nitrogens with zero attached hydrogens (tertiary/aromatic N) is 2. The smallest absolute Gasteiger partial charge is 0.229 e. The summed E-state index contributed by atoms with van der Waals surface area (Å²) in [5.41, 5.74) is 1.62. The number of benzene rings is 2. The van der Waals surface area contributed by atoms with Crippen LogP contribution in [0.25, 0.3) is 0 Å². The summed E-state index contributed by atoms with van der Waals surface area (Å²) < 4.78 is 5.43. The Bertz CT molecular complexity index is 836. The quantitative estimate of drug-likeness (QED) is 0.581. The molecule has 0 saturated heterocycles. The SMILES string of the molecule is CCOc1ccc(Nc2nccc(Nc3cc(Cl)cc(Cl)c3)n2)cc1. The van der Waals surface area contributed by atoms with Crippen molar-refractivity contribution >= 4 is 46.3 Å². The second-order valence-corrected chi connectivity index (χ2v) is 6.00. The summed E-state index contributed by atoms with van der Waals surface area (Å²) in [7, 11) is 0. The highest BCUT2D eigenvalue weighted by Gasteiger charge is 2.03. The lowest BCUT2D eigenvalue weighted by atomic mass is 10.3. The summed E-state index contributed by atoms with van der Waals surface area (Å²) in [5.74, 6) is 1.92. The molecule has 0 amide bonds. The van der Waals surface area contributed by atoms with Gasteiger partial charge in [0.15, 0.2) is 0 Å². The summed E-state index contributed by atoms with van der Waals surface area (Å²) in [4.78, 5) is 8.66. The van der Waals surface area contributed by atoms with Crippen LogP contribution in [0.4, 0.5) is 23.1 Å². The van der Waals surface area contributed by atoms with Crippen molar-refractivity contribution < 1.29 is 4.74 Å². The molecule has 3 rings (SSSR count). The van der Waals surface area contributed by atoms with Crippen LogP contribution in [-0.4, -0.2) is 16.6 Å². The Morgan fingerprint density at radius 1 is 0.920 bits per heavy atom. The Kier molecular flexibility index (Phi) is 5.58. The van der Waals surface area contributed by atoms with E-state index in [0.717, 1.165) is 17.1 Å². The minimum Gasteiger partial charge on any atom is -0.494 e. The molecule has 0 saturated carbocycles. The number of halogens is 2. The molecule has 25 heavy (non-hydrogen) atoms. The number of hydrogen-bond donors (Lipinski definition) is 2. The van der Waals surface area contributed by atoms with Gasteiger partial charge in [-0.15, -0.1) is 0 Å². The summed E-state index contributed by atoms with van der Waals surface area (Å²) in [5, 5.41) is 7.42. The van der Waals surface area contributed by atoms with Gasteiger partial charge in [0.25, 0.3) is 0 Å². The van der Waals surface area contributed by atoms with E-state index in [0.29, 0.717) is 28.4 Å².